The van der Waals surface area contributed by atoms with E-state index in [2.05, 4.69) is 118 Å². The van der Waals surface area contributed by atoms with Gasteiger partial charge in [0.1, 0.15) is 13.2 Å². The van der Waals surface area contributed by atoms with Crippen LogP contribution in [-0.4, -0.2) is 37.2 Å². The highest BCUT2D eigenvalue weighted by atomic mass is 16.6. The van der Waals surface area contributed by atoms with Gasteiger partial charge in [-0.15, -0.1) is 0 Å². The van der Waals surface area contributed by atoms with Gasteiger partial charge in [0.15, 0.2) is 6.10 Å². The van der Waals surface area contributed by atoms with Crippen LogP contribution in [0.25, 0.3) is 0 Å². The van der Waals surface area contributed by atoms with Crippen LogP contribution in [-0.2, 0) is 28.6 Å². The zero-order valence-electron chi connectivity index (χ0n) is 42.9. The predicted octanol–water partition coefficient (Wildman–Crippen LogP) is 18.1. The van der Waals surface area contributed by atoms with Crippen LogP contribution in [0.15, 0.2) is 97.2 Å². The van der Waals surface area contributed by atoms with Crippen LogP contribution in [0.3, 0.4) is 0 Å². The van der Waals surface area contributed by atoms with Crippen molar-refractivity contribution in [1.29, 1.82) is 0 Å². The van der Waals surface area contributed by atoms with Gasteiger partial charge in [0.05, 0.1) is 0 Å². The third-order valence-electron chi connectivity index (χ3n) is 11.3. The minimum absolute atomic E-state index is 0.0931. The second-order valence-corrected chi connectivity index (χ2v) is 17.8. The average Bonchev–Trinajstić information content (AvgIpc) is 3.31. The minimum Gasteiger partial charge on any atom is -0.462 e. The van der Waals surface area contributed by atoms with Crippen LogP contribution in [0.2, 0.25) is 0 Å². The first-order valence-electron chi connectivity index (χ1n) is 27.2. The number of allylic oxidation sites excluding steroid dienone is 16. The van der Waals surface area contributed by atoms with Crippen LogP contribution in [0.1, 0.15) is 245 Å². The van der Waals surface area contributed by atoms with Crippen molar-refractivity contribution in [3.05, 3.63) is 97.2 Å². The summed E-state index contributed by atoms with van der Waals surface area (Å²) in [5.41, 5.74) is 0. The quantitative estimate of drug-likeness (QED) is 0.0262. The summed E-state index contributed by atoms with van der Waals surface area (Å²) in [6, 6.07) is 0. The van der Waals surface area contributed by atoms with E-state index in [1.165, 1.54) is 83.5 Å². The van der Waals surface area contributed by atoms with Crippen molar-refractivity contribution >= 4 is 17.9 Å². The molecule has 0 amide bonds. The summed E-state index contributed by atoms with van der Waals surface area (Å²) in [7, 11) is 0. The summed E-state index contributed by atoms with van der Waals surface area (Å²) < 4.78 is 16.8. The van der Waals surface area contributed by atoms with E-state index in [-0.39, 0.29) is 31.1 Å². The lowest BCUT2D eigenvalue weighted by Crippen LogP contribution is -2.30. The number of esters is 3. The van der Waals surface area contributed by atoms with Gasteiger partial charge in [-0.1, -0.05) is 221 Å². The Labute approximate surface area is 407 Å². The Kier molecular flexibility index (Phi) is 50.9. The fourth-order valence-electron chi connectivity index (χ4n) is 7.24. The molecule has 0 aliphatic carbocycles. The maximum absolute atomic E-state index is 12.8. The minimum atomic E-state index is -0.797. The summed E-state index contributed by atoms with van der Waals surface area (Å²) in [5, 5.41) is 0. The van der Waals surface area contributed by atoms with Gasteiger partial charge in [-0.05, 0) is 103 Å². The molecule has 0 N–H and O–H groups in total. The topological polar surface area (TPSA) is 78.9 Å². The molecule has 1 unspecified atom stereocenters. The number of ether oxygens (including phenoxy) is 3. The molecule has 376 valence electrons. The second-order valence-electron chi connectivity index (χ2n) is 17.8. The fraction of sp³-hybridized carbons (Fsp3) is 0.683. The van der Waals surface area contributed by atoms with Crippen molar-refractivity contribution in [2.45, 2.75) is 252 Å². The van der Waals surface area contributed by atoms with Crippen LogP contribution in [0, 0.1) is 0 Å². The average molecular weight is 917 g/mol. The zero-order valence-corrected chi connectivity index (χ0v) is 42.9. The lowest BCUT2D eigenvalue weighted by atomic mass is 10.1. The van der Waals surface area contributed by atoms with E-state index in [0.717, 1.165) is 122 Å². The number of hydrogen-bond donors (Lipinski definition) is 0. The molecule has 0 aromatic heterocycles. The lowest BCUT2D eigenvalue weighted by Gasteiger charge is -2.18. The summed E-state index contributed by atoms with van der Waals surface area (Å²) in [6.45, 7) is 6.44. The zero-order chi connectivity index (χ0) is 47.9. The standard InChI is InChI=1S/C60H100O6/c1-4-7-10-13-16-19-22-24-26-28-30-32-34-36-38-41-44-47-50-53-59(62)65-56-57(55-64-58(61)52-49-46-43-40-21-18-15-12-9-6-3)66-60(63)54-51-48-45-42-39-37-35-33-31-29-27-25-23-20-17-14-11-8-5-2/h7,10,16-17,19-20,24-27,30-33,36,38,57H,4-6,8-9,11-15,18,21-23,28-29,34-35,37,39-56H2,1-3H3/b10-7-,19-16-,20-17-,26-24-,27-25-,32-30-,33-31-,38-36-. The fourth-order valence-corrected chi connectivity index (χ4v) is 7.24. The first-order chi connectivity index (χ1) is 32.5. The molecule has 1 atom stereocenters. The molecule has 0 aliphatic rings. The smallest absolute Gasteiger partial charge is 0.306 e. The predicted molar refractivity (Wildman–Crippen MR) is 284 cm³/mol. The highest BCUT2D eigenvalue weighted by Gasteiger charge is 2.19. The molecule has 0 rings (SSSR count). The van der Waals surface area contributed by atoms with Gasteiger partial charge in [-0.2, -0.15) is 0 Å². The second kappa shape index (κ2) is 53.9. The number of carbonyl (C=O) groups is 3. The number of hydrogen-bond acceptors (Lipinski definition) is 6. The number of rotatable bonds is 48. The van der Waals surface area contributed by atoms with E-state index in [9.17, 15) is 14.4 Å². The molecule has 0 radical (unpaired) electrons. The Bertz CT molecular complexity index is 1330. The third kappa shape index (κ3) is 51.3. The Hall–Kier alpha value is -3.67. The molecule has 0 spiro atoms. The molecular formula is C60H100O6. The molecule has 0 bridgehead atoms. The van der Waals surface area contributed by atoms with Crippen LogP contribution in [0.4, 0.5) is 0 Å². The summed E-state index contributed by atoms with van der Waals surface area (Å²) in [6.07, 6.45) is 71.0. The Morgan fingerprint density at radius 1 is 0.318 bits per heavy atom. The number of carbonyl (C=O) groups excluding carboxylic acids is 3. The molecule has 0 aliphatic heterocycles. The van der Waals surface area contributed by atoms with Crippen LogP contribution < -0.4 is 0 Å². The first kappa shape index (κ1) is 62.3. The molecule has 0 heterocycles. The molecule has 0 aromatic carbocycles. The van der Waals surface area contributed by atoms with Crippen molar-refractivity contribution in [1.82, 2.24) is 0 Å². The molecule has 66 heavy (non-hydrogen) atoms. The summed E-state index contributed by atoms with van der Waals surface area (Å²) in [4.78, 5) is 38.0. The highest BCUT2D eigenvalue weighted by Crippen LogP contribution is 2.14. The third-order valence-corrected chi connectivity index (χ3v) is 11.3. The molecule has 6 heteroatoms. The molecular weight excluding hydrogens is 817 g/mol. The van der Waals surface area contributed by atoms with Crippen molar-refractivity contribution < 1.29 is 28.6 Å². The van der Waals surface area contributed by atoms with Gasteiger partial charge in [0.2, 0.25) is 0 Å². The molecule has 0 saturated carbocycles. The van der Waals surface area contributed by atoms with Gasteiger partial charge in [-0.25, -0.2) is 0 Å². The van der Waals surface area contributed by atoms with Gasteiger partial charge >= 0.3 is 17.9 Å². The van der Waals surface area contributed by atoms with Crippen molar-refractivity contribution in [3.8, 4) is 0 Å². The van der Waals surface area contributed by atoms with E-state index in [1.807, 2.05) is 0 Å². The van der Waals surface area contributed by atoms with E-state index < -0.39 is 6.10 Å². The summed E-state index contributed by atoms with van der Waals surface area (Å²) in [5.74, 6) is -0.941. The van der Waals surface area contributed by atoms with Gasteiger partial charge in [0.25, 0.3) is 0 Å². The molecule has 0 aromatic rings. The van der Waals surface area contributed by atoms with Crippen molar-refractivity contribution in [3.63, 3.8) is 0 Å². The molecule has 0 fully saturated rings. The number of unbranched alkanes of at least 4 members (excludes halogenated alkanes) is 21. The normalized spacial score (nSPS) is 12.8. The molecule has 0 saturated heterocycles. The van der Waals surface area contributed by atoms with E-state index >= 15 is 0 Å². The van der Waals surface area contributed by atoms with E-state index in [1.54, 1.807) is 0 Å². The van der Waals surface area contributed by atoms with Gasteiger partial charge in [0, 0.05) is 19.3 Å². The Morgan fingerprint density at radius 3 is 0.970 bits per heavy atom. The van der Waals surface area contributed by atoms with E-state index in [0.29, 0.717) is 19.3 Å². The Morgan fingerprint density at radius 2 is 0.591 bits per heavy atom. The van der Waals surface area contributed by atoms with Crippen molar-refractivity contribution in [2.24, 2.45) is 0 Å². The largest absolute Gasteiger partial charge is 0.462 e. The Balaban J connectivity index is 4.43. The molecule has 6 nitrogen and oxygen atoms in total. The summed E-state index contributed by atoms with van der Waals surface area (Å²) >= 11 is 0. The maximum Gasteiger partial charge on any atom is 0.306 e. The van der Waals surface area contributed by atoms with E-state index in [4.69, 9.17) is 14.2 Å². The van der Waals surface area contributed by atoms with Crippen molar-refractivity contribution in [2.75, 3.05) is 13.2 Å². The van der Waals surface area contributed by atoms with Crippen LogP contribution >= 0.6 is 0 Å². The highest BCUT2D eigenvalue weighted by molar-refractivity contribution is 5.71. The van der Waals surface area contributed by atoms with Gasteiger partial charge < -0.3 is 14.2 Å². The lowest BCUT2D eigenvalue weighted by molar-refractivity contribution is -0.167. The van der Waals surface area contributed by atoms with Crippen LogP contribution in [0.5, 0.6) is 0 Å². The van der Waals surface area contributed by atoms with Gasteiger partial charge in [-0.3, -0.25) is 14.4 Å². The monoisotopic (exact) mass is 917 g/mol. The SMILES string of the molecule is CC/C=C\C/C=C\C/C=C\C/C=C\C/C=C\CCCCCC(=O)OCC(COC(=O)CCCCCCCCCCCC)OC(=O)CCCCCCCC/C=C\C/C=C\C/C=C\CCCCC. The maximum atomic E-state index is 12.8. The first-order valence-corrected chi connectivity index (χ1v) is 27.2.